The van der Waals surface area contributed by atoms with Gasteiger partial charge >= 0.3 is 0 Å². The lowest BCUT2D eigenvalue weighted by Gasteiger charge is -2.22. The molecule has 1 fully saturated rings. The average molecular weight is 398 g/mol. The highest BCUT2D eigenvalue weighted by Crippen LogP contribution is 2.35. The van der Waals surface area contributed by atoms with Crippen LogP contribution in [0.5, 0.6) is 0 Å². The van der Waals surface area contributed by atoms with Crippen molar-refractivity contribution in [1.82, 2.24) is 14.8 Å². The largest absolute Gasteiger partial charge is 0.274 e. The first-order valence-corrected chi connectivity index (χ1v) is 11.0. The Morgan fingerprint density at radius 3 is 2.56 bits per heavy atom. The van der Waals surface area contributed by atoms with Gasteiger partial charge in [0, 0.05) is 22.4 Å². The van der Waals surface area contributed by atoms with Crippen LogP contribution in [-0.2, 0) is 5.75 Å². The Bertz CT molecular complexity index is 898. The van der Waals surface area contributed by atoms with Crippen molar-refractivity contribution in [1.29, 1.82) is 0 Å². The third kappa shape index (κ3) is 4.39. The SMILES string of the molecule is Cc1cccc(-n2c(SCc3ccc(Cl)cc3)nnc2C2CCCCC2)c1. The Hall–Kier alpha value is -1.78. The number of aryl methyl sites for hydroxylation is 1. The number of thioether (sulfide) groups is 1. The first kappa shape index (κ1) is 18.6. The van der Waals surface area contributed by atoms with Crippen molar-refractivity contribution in [2.75, 3.05) is 0 Å². The number of halogens is 1. The van der Waals surface area contributed by atoms with E-state index in [2.05, 4.69) is 58.1 Å². The van der Waals surface area contributed by atoms with E-state index < -0.39 is 0 Å². The topological polar surface area (TPSA) is 30.7 Å². The molecule has 3 aromatic rings. The van der Waals surface area contributed by atoms with E-state index in [0.29, 0.717) is 5.92 Å². The number of aromatic nitrogens is 3. The molecule has 0 aliphatic heterocycles. The fraction of sp³-hybridized carbons (Fsp3) is 0.364. The summed E-state index contributed by atoms with van der Waals surface area (Å²) in [5.41, 5.74) is 3.66. The Balaban J connectivity index is 1.65. The molecule has 0 atom stereocenters. The number of benzene rings is 2. The molecule has 4 rings (SSSR count). The molecule has 0 amide bonds. The third-order valence-corrected chi connectivity index (χ3v) is 6.42. The summed E-state index contributed by atoms with van der Waals surface area (Å²) in [5.74, 6) is 2.49. The van der Waals surface area contributed by atoms with Gasteiger partial charge in [0.25, 0.3) is 0 Å². The zero-order valence-corrected chi connectivity index (χ0v) is 17.1. The van der Waals surface area contributed by atoms with Crippen LogP contribution in [0.25, 0.3) is 5.69 Å². The number of hydrogen-bond acceptors (Lipinski definition) is 3. The van der Waals surface area contributed by atoms with Crippen molar-refractivity contribution in [2.45, 2.75) is 55.9 Å². The molecule has 27 heavy (non-hydrogen) atoms. The summed E-state index contributed by atoms with van der Waals surface area (Å²) < 4.78 is 2.28. The summed E-state index contributed by atoms with van der Waals surface area (Å²) in [5, 5.41) is 11.0. The maximum atomic E-state index is 6.00. The van der Waals surface area contributed by atoms with Gasteiger partial charge in [0.1, 0.15) is 5.82 Å². The van der Waals surface area contributed by atoms with Gasteiger partial charge in [-0.25, -0.2) is 0 Å². The van der Waals surface area contributed by atoms with Crippen LogP contribution in [0, 0.1) is 6.92 Å². The summed E-state index contributed by atoms with van der Waals surface area (Å²) in [6.45, 7) is 2.13. The first-order valence-electron chi connectivity index (χ1n) is 9.60. The van der Waals surface area contributed by atoms with Crippen LogP contribution in [0.1, 0.15) is 55.0 Å². The molecule has 5 heteroatoms. The standard InChI is InChI=1S/C22H24ClN3S/c1-16-6-5-9-20(14-16)26-21(18-7-3-2-4-8-18)24-25-22(26)27-15-17-10-12-19(23)13-11-17/h5-6,9-14,18H,2-4,7-8,15H2,1H3. The molecule has 1 aliphatic rings. The van der Waals surface area contributed by atoms with E-state index in [1.54, 1.807) is 11.8 Å². The van der Waals surface area contributed by atoms with E-state index in [0.717, 1.165) is 21.8 Å². The summed E-state index contributed by atoms with van der Waals surface area (Å²) in [6.07, 6.45) is 6.35. The molecular weight excluding hydrogens is 374 g/mol. The van der Waals surface area contributed by atoms with E-state index in [9.17, 15) is 0 Å². The van der Waals surface area contributed by atoms with Crippen molar-refractivity contribution >= 4 is 23.4 Å². The molecule has 0 N–H and O–H groups in total. The van der Waals surface area contributed by atoms with E-state index in [4.69, 9.17) is 11.6 Å². The van der Waals surface area contributed by atoms with Gasteiger partial charge in [-0.2, -0.15) is 0 Å². The second-order valence-electron chi connectivity index (χ2n) is 7.27. The quantitative estimate of drug-likeness (QED) is 0.456. The minimum absolute atomic E-state index is 0.511. The van der Waals surface area contributed by atoms with Gasteiger partial charge in [-0.15, -0.1) is 10.2 Å². The molecule has 2 aromatic carbocycles. The summed E-state index contributed by atoms with van der Waals surface area (Å²) in [4.78, 5) is 0. The molecule has 1 aliphatic carbocycles. The van der Waals surface area contributed by atoms with Gasteiger partial charge < -0.3 is 0 Å². The molecule has 1 heterocycles. The zero-order valence-electron chi connectivity index (χ0n) is 15.6. The van der Waals surface area contributed by atoms with E-state index in [1.165, 1.54) is 48.9 Å². The molecule has 0 bridgehead atoms. The number of nitrogens with zero attached hydrogens (tertiary/aromatic N) is 3. The van der Waals surface area contributed by atoms with Gasteiger partial charge in [-0.05, 0) is 55.2 Å². The molecular formula is C22H24ClN3S. The Morgan fingerprint density at radius 2 is 1.81 bits per heavy atom. The van der Waals surface area contributed by atoms with Crippen LogP contribution in [0.2, 0.25) is 5.02 Å². The fourth-order valence-corrected chi connectivity index (χ4v) is 4.78. The second-order valence-corrected chi connectivity index (χ2v) is 8.64. The first-order chi connectivity index (χ1) is 13.2. The Kier molecular flexibility index (Phi) is 5.84. The fourth-order valence-electron chi connectivity index (χ4n) is 3.74. The van der Waals surface area contributed by atoms with Gasteiger partial charge in [-0.3, -0.25) is 4.57 Å². The lowest BCUT2D eigenvalue weighted by Crippen LogP contribution is -2.12. The molecule has 1 saturated carbocycles. The van der Waals surface area contributed by atoms with Crippen molar-refractivity contribution in [3.63, 3.8) is 0 Å². The van der Waals surface area contributed by atoms with Crippen LogP contribution in [0.3, 0.4) is 0 Å². The smallest absolute Gasteiger partial charge is 0.196 e. The zero-order chi connectivity index (χ0) is 18.6. The molecule has 0 unspecified atom stereocenters. The highest BCUT2D eigenvalue weighted by molar-refractivity contribution is 7.98. The summed E-state index contributed by atoms with van der Waals surface area (Å²) in [7, 11) is 0. The highest BCUT2D eigenvalue weighted by atomic mass is 35.5. The Morgan fingerprint density at radius 1 is 1.04 bits per heavy atom. The lowest BCUT2D eigenvalue weighted by molar-refractivity contribution is 0.423. The maximum absolute atomic E-state index is 6.00. The molecule has 0 spiro atoms. The van der Waals surface area contributed by atoms with Crippen molar-refractivity contribution in [2.24, 2.45) is 0 Å². The van der Waals surface area contributed by atoms with Gasteiger partial charge in [-0.1, -0.05) is 66.9 Å². The van der Waals surface area contributed by atoms with Crippen LogP contribution in [0.4, 0.5) is 0 Å². The number of rotatable bonds is 5. The average Bonchev–Trinajstić information content (AvgIpc) is 3.12. The van der Waals surface area contributed by atoms with Crippen molar-refractivity contribution < 1.29 is 0 Å². The Labute approximate surface area is 170 Å². The van der Waals surface area contributed by atoms with E-state index in [1.807, 2.05) is 12.1 Å². The second kappa shape index (κ2) is 8.49. The third-order valence-electron chi connectivity index (χ3n) is 5.17. The summed E-state index contributed by atoms with van der Waals surface area (Å²) >= 11 is 7.74. The van der Waals surface area contributed by atoms with Crippen LogP contribution in [-0.4, -0.2) is 14.8 Å². The van der Waals surface area contributed by atoms with Gasteiger partial charge in [0.15, 0.2) is 5.16 Å². The minimum Gasteiger partial charge on any atom is -0.274 e. The molecule has 3 nitrogen and oxygen atoms in total. The normalized spacial score (nSPS) is 15.2. The molecule has 140 valence electrons. The van der Waals surface area contributed by atoms with E-state index in [-0.39, 0.29) is 0 Å². The number of hydrogen-bond donors (Lipinski definition) is 0. The predicted molar refractivity (Wildman–Crippen MR) is 113 cm³/mol. The van der Waals surface area contributed by atoms with E-state index >= 15 is 0 Å². The van der Waals surface area contributed by atoms with Crippen molar-refractivity contribution in [3.8, 4) is 5.69 Å². The van der Waals surface area contributed by atoms with Crippen LogP contribution >= 0.6 is 23.4 Å². The monoisotopic (exact) mass is 397 g/mol. The lowest BCUT2D eigenvalue weighted by atomic mass is 9.88. The molecule has 0 saturated heterocycles. The highest BCUT2D eigenvalue weighted by Gasteiger charge is 2.24. The van der Waals surface area contributed by atoms with Gasteiger partial charge in [0.05, 0.1) is 0 Å². The van der Waals surface area contributed by atoms with Crippen molar-refractivity contribution in [3.05, 3.63) is 70.5 Å². The molecule has 1 aromatic heterocycles. The summed E-state index contributed by atoms with van der Waals surface area (Å²) in [6, 6.07) is 16.7. The van der Waals surface area contributed by atoms with Gasteiger partial charge in [0.2, 0.25) is 0 Å². The maximum Gasteiger partial charge on any atom is 0.196 e. The van der Waals surface area contributed by atoms with Crippen LogP contribution in [0.15, 0.2) is 53.7 Å². The van der Waals surface area contributed by atoms with Crippen LogP contribution < -0.4 is 0 Å². The minimum atomic E-state index is 0.511. The predicted octanol–water partition coefficient (Wildman–Crippen LogP) is 6.57. The molecule has 0 radical (unpaired) electrons.